The van der Waals surface area contributed by atoms with Crippen LogP contribution in [0, 0.1) is 6.92 Å². The van der Waals surface area contributed by atoms with Crippen LogP contribution in [0.15, 0.2) is 12.3 Å². The molecule has 1 heterocycles. The summed E-state index contributed by atoms with van der Waals surface area (Å²) >= 11 is 5.86. The molecule has 0 saturated carbocycles. The minimum atomic E-state index is -0.335. The van der Waals surface area contributed by atoms with E-state index in [2.05, 4.69) is 9.72 Å². The maximum Gasteiger partial charge on any atom is 0.311 e. The van der Waals surface area contributed by atoms with Crippen molar-refractivity contribution in [2.24, 2.45) is 0 Å². The molecule has 0 aliphatic heterocycles. The zero-order chi connectivity index (χ0) is 9.84. The molecule has 70 valence electrons. The lowest BCUT2D eigenvalue weighted by Gasteiger charge is -2.02. The van der Waals surface area contributed by atoms with Crippen molar-refractivity contribution in [1.29, 1.82) is 0 Å². The van der Waals surface area contributed by atoms with E-state index in [9.17, 15) is 4.79 Å². The zero-order valence-corrected chi connectivity index (χ0v) is 8.26. The molecule has 1 aromatic rings. The van der Waals surface area contributed by atoms with Gasteiger partial charge in [0.15, 0.2) is 0 Å². The number of carbonyl (C=O) groups excluding carboxylic acids is 1. The van der Waals surface area contributed by atoms with Crippen molar-refractivity contribution in [2.45, 2.75) is 13.3 Å². The van der Waals surface area contributed by atoms with Crippen LogP contribution in [0.2, 0.25) is 5.02 Å². The number of esters is 1. The Bertz CT molecular complexity index is 325. The summed E-state index contributed by atoms with van der Waals surface area (Å²) in [5.74, 6) is -0.335. The Morgan fingerprint density at radius 3 is 2.92 bits per heavy atom. The molecule has 0 aliphatic carbocycles. The zero-order valence-electron chi connectivity index (χ0n) is 7.50. The van der Waals surface area contributed by atoms with Gasteiger partial charge in [-0.3, -0.25) is 9.78 Å². The maximum atomic E-state index is 10.9. The Kier molecular flexibility index (Phi) is 3.25. The Labute approximate surface area is 81.7 Å². The van der Waals surface area contributed by atoms with E-state index >= 15 is 0 Å². The molecular formula is C9H10ClNO2. The molecule has 0 amide bonds. The molecule has 0 aromatic carbocycles. The van der Waals surface area contributed by atoms with Gasteiger partial charge in [0.2, 0.25) is 0 Å². The first kappa shape index (κ1) is 9.99. The smallest absolute Gasteiger partial charge is 0.311 e. The summed E-state index contributed by atoms with van der Waals surface area (Å²) in [6.45, 7) is 1.89. The maximum absolute atomic E-state index is 10.9. The van der Waals surface area contributed by atoms with Crippen LogP contribution in [-0.4, -0.2) is 18.1 Å². The quantitative estimate of drug-likeness (QED) is 0.682. The third-order valence-electron chi connectivity index (χ3n) is 1.59. The number of ether oxygens (including phenoxy) is 1. The van der Waals surface area contributed by atoms with Gasteiger partial charge in [-0.05, 0) is 18.6 Å². The lowest BCUT2D eigenvalue weighted by Crippen LogP contribution is -2.06. The third kappa shape index (κ3) is 2.70. The first-order chi connectivity index (χ1) is 6.13. The number of carbonyl (C=O) groups is 1. The van der Waals surface area contributed by atoms with Gasteiger partial charge in [0.25, 0.3) is 0 Å². The number of halogens is 1. The van der Waals surface area contributed by atoms with Crippen LogP contribution >= 0.6 is 11.6 Å². The summed E-state index contributed by atoms with van der Waals surface area (Å²) < 4.78 is 4.50. The van der Waals surface area contributed by atoms with Crippen molar-refractivity contribution in [3.63, 3.8) is 0 Å². The molecule has 0 radical (unpaired) electrons. The fraction of sp³-hybridized carbons (Fsp3) is 0.333. The molecule has 0 unspecified atom stereocenters. The second-order valence-electron chi connectivity index (χ2n) is 2.69. The molecule has 13 heavy (non-hydrogen) atoms. The molecular weight excluding hydrogens is 190 g/mol. The van der Waals surface area contributed by atoms with Crippen molar-refractivity contribution in [3.8, 4) is 0 Å². The molecule has 1 rings (SSSR count). The van der Waals surface area contributed by atoms with Gasteiger partial charge >= 0.3 is 5.97 Å². The van der Waals surface area contributed by atoms with Crippen molar-refractivity contribution < 1.29 is 9.53 Å². The molecule has 0 fully saturated rings. The van der Waals surface area contributed by atoms with Gasteiger partial charge in [-0.2, -0.15) is 0 Å². The van der Waals surface area contributed by atoms with Crippen molar-refractivity contribution in [2.75, 3.05) is 7.11 Å². The topological polar surface area (TPSA) is 39.2 Å². The molecule has 0 aliphatic rings. The second-order valence-corrected chi connectivity index (χ2v) is 3.10. The summed E-state index contributed by atoms with van der Waals surface area (Å²) in [7, 11) is 1.34. The van der Waals surface area contributed by atoms with Gasteiger partial charge in [0.05, 0.1) is 24.2 Å². The average Bonchev–Trinajstić information content (AvgIpc) is 2.09. The highest BCUT2D eigenvalue weighted by molar-refractivity contribution is 6.31. The molecule has 0 saturated heterocycles. The highest BCUT2D eigenvalue weighted by Gasteiger charge is 2.07. The molecule has 0 spiro atoms. The van der Waals surface area contributed by atoms with Crippen LogP contribution in [0.25, 0.3) is 0 Å². The van der Waals surface area contributed by atoms with Gasteiger partial charge in [-0.25, -0.2) is 0 Å². The first-order valence-corrected chi connectivity index (χ1v) is 4.19. The minimum absolute atomic E-state index is 0.121. The molecule has 0 bridgehead atoms. The number of hydrogen-bond acceptors (Lipinski definition) is 3. The van der Waals surface area contributed by atoms with Gasteiger partial charge in [-0.15, -0.1) is 0 Å². The van der Waals surface area contributed by atoms with Crippen molar-refractivity contribution in [3.05, 3.63) is 28.5 Å². The number of methoxy groups -OCH3 is 1. The minimum Gasteiger partial charge on any atom is -0.469 e. The van der Waals surface area contributed by atoms with E-state index in [1.165, 1.54) is 7.11 Å². The highest BCUT2D eigenvalue weighted by atomic mass is 35.5. The number of hydrogen-bond donors (Lipinski definition) is 0. The summed E-state index contributed by atoms with van der Waals surface area (Å²) in [4.78, 5) is 14.9. The van der Waals surface area contributed by atoms with E-state index in [4.69, 9.17) is 11.6 Å². The molecule has 1 aromatic heterocycles. The molecule has 4 heteroatoms. The van der Waals surface area contributed by atoms with Crippen molar-refractivity contribution in [1.82, 2.24) is 4.98 Å². The fourth-order valence-corrected chi connectivity index (χ4v) is 1.19. The Balaban J connectivity index is 2.83. The SMILES string of the molecule is COC(=O)Cc1ncc(C)cc1Cl. The number of nitrogens with zero attached hydrogens (tertiary/aromatic N) is 1. The largest absolute Gasteiger partial charge is 0.469 e. The van der Waals surface area contributed by atoms with Crippen LogP contribution in [0.3, 0.4) is 0 Å². The van der Waals surface area contributed by atoms with E-state index < -0.39 is 0 Å². The summed E-state index contributed by atoms with van der Waals surface area (Å²) in [5, 5.41) is 0.505. The number of aromatic nitrogens is 1. The van der Waals surface area contributed by atoms with Crippen LogP contribution in [0.5, 0.6) is 0 Å². The predicted octanol–water partition coefficient (Wildman–Crippen LogP) is 1.76. The van der Waals surface area contributed by atoms with Gasteiger partial charge in [0, 0.05) is 6.20 Å². The highest BCUT2D eigenvalue weighted by Crippen LogP contribution is 2.15. The molecule has 3 nitrogen and oxygen atoms in total. The Morgan fingerprint density at radius 1 is 1.69 bits per heavy atom. The van der Waals surface area contributed by atoms with Crippen LogP contribution in [0.1, 0.15) is 11.3 Å². The number of pyridine rings is 1. The first-order valence-electron chi connectivity index (χ1n) is 3.81. The third-order valence-corrected chi connectivity index (χ3v) is 1.92. The second kappa shape index (κ2) is 4.23. The molecule has 0 atom stereocenters. The van der Waals surface area contributed by atoms with Crippen LogP contribution in [0.4, 0.5) is 0 Å². The standard InChI is InChI=1S/C9H10ClNO2/c1-6-3-7(10)8(11-5-6)4-9(12)13-2/h3,5H,4H2,1-2H3. The van der Waals surface area contributed by atoms with Crippen molar-refractivity contribution >= 4 is 17.6 Å². The van der Waals surface area contributed by atoms with E-state index in [0.717, 1.165) is 5.56 Å². The number of aryl methyl sites for hydroxylation is 1. The monoisotopic (exact) mass is 199 g/mol. The predicted molar refractivity (Wildman–Crippen MR) is 49.7 cm³/mol. The van der Waals surface area contributed by atoms with E-state index in [1.807, 2.05) is 6.92 Å². The molecule has 0 N–H and O–H groups in total. The lowest BCUT2D eigenvalue weighted by atomic mass is 10.2. The van der Waals surface area contributed by atoms with E-state index in [1.54, 1.807) is 12.3 Å². The lowest BCUT2D eigenvalue weighted by molar-refractivity contribution is -0.139. The normalized spacial score (nSPS) is 9.77. The Morgan fingerprint density at radius 2 is 2.38 bits per heavy atom. The summed E-state index contributed by atoms with van der Waals surface area (Å²) in [6, 6.07) is 1.77. The van der Waals surface area contributed by atoms with Gasteiger partial charge in [0.1, 0.15) is 0 Å². The Hall–Kier alpha value is -1.09. The number of rotatable bonds is 2. The average molecular weight is 200 g/mol. The fourth-order valence-electron chi connectivity index (χ4n) is 0.901. The van der Waals surface area contributed by atoms with Crippen LogP contribution in [-0.2, 0) is 16.0 Å². The van der Waals surface area contributed by atoms with Crippen LogP contribution < -0.4 is 0 Å². The van der Waals surface area contributed by atoms with Gasteiger partial charge in [-0.1, -0.05) is 11.6 Å². The summed E-state index contributed by atoms with van der Waals surface area (Å²) in [6.07, 6.45) is 1.79. The van der Waals surface area contributed by atoms with E-state index in [-0.39, 0.29) is 12.4 Å². The van der Waals surface area contributed by atoms with E-state index in [0.29, 0.717) is 10.7 Å². The van der Waals surface area contributed by atoms with Gasteiger partial charge < -0.3 is 4.74 Å². The summed E-state index contributed by atoms with van der Waals surface area (Å²) in [5.41, 5.74) is 1.53.